The Labute approximate surface area is 129 Å². The molecule has 4 nitrogen and oxygen atoms in total. The molecule has 0 aliphatic carbocycles. The molecular weight excluding hydrogens is 298 g/mol. The Morgan fingerprint density at radius 1 is 0.864 bits per heavy atom. The van der Waals surface area contributed by atoms with E-state index in [0.29, 0.717) is 5.76 Å². The van der Waals surface area contributed by atoms with E-state index in [9.17, 15) is 8.42 Å². The lowest BCUT2D eigenvalue weighted by molar-refractivity contribution is 0.579. The zero-order valence-corrected chi connectivity index (χ0v) is 12.6. The van der Waals surface area contributed by atoms with Gasteiger partial charge in [-0.25, -0.2) is 13.1 Å². The van der Waals surface area contributed by atoms with Crippen LogP contribution in [0.3, 0.4) is 0 Å². The van der Waals surface area contributed by atoms with Gasteiger partial charge in [-0.15, -0.1) is 0 Å². The van der Waals surface area contributed by atoms with Gasteiger partial charge in [-0.3, -0.25) is 0 Å². The summed E-state index contributed by atoms with van der Waals surface area (Å²) in [5.41, 5.74) is 1.75. The van der Waals surface area contributed by atoms with Crippen molar-refractivity contribution in [3.8, 4) is 11.3 Å². The van der Waals surface area contributed by atoms with Crippen LogP contribution in [-0.2, 0) is 16.6 Å². The van der Waals surface area contributed by atoms with E-state index in [-0.39, 0.29) is 11.4 Å². The van der Waals surface area contributed by atoms with Gasteiger partial charge in [0.1, 0.15) is 5.76 Å². The Hall–Kier alpha value is -2.37. The van der Waals surface area contributed by atoms with Gasteiger partial charge in [0, 0.05) is 12.1 Å². The summed E-state index contributed by atoms with van der Waals surface area (Å²) in [6, 6.07) is 19.6. The molecule has 1 aromatic heterocycles. The number of furan rings is 1. The minimum atomic E-state index is -3.52. The molecular formula is C17H15NO3S. The number of hydrogen-bond acceptors (Lipinski definition) is 3. The molecule has 0 amide bonds. The summed E-state index contributed by atoms with van der Waals surface area (Å²) in [4.78, 5) is 0.235. The second-order valence-corrected chi connectivity index (χ2v) is 6.58. The average Bonchev–Trinajstić information content (AvgIpc) is 3.09. The first kappa shape index (κ1) is 14.6. The molecule has 0 atom stereocenters. The van der Waals surface area contributed by atoms with E-state index >= 15 is 0 Å². The van der Waals surface area contributed by atoms with Crippen molar-refractivity contribution in [2.45, 2.75) is 11.4 Å². The minimum Gasteiger partial charge on any atom is -0.464 e. The molecule has 0 aliphatic heterocycles. The third-order valence-electron chi connectivity index (χ3n) is 3.28. The smallest absolute Gasteiger partial charge is 0.240 e. The average molecular weight is 313 g/mol. The molecule has 0 unspecified atom stereocenters. The topological polar surface area (TPSA) is 59.3 Å². The van der Waals surface area contributed by atoms with Gasteiger partial charge in [0.2, 0.25) is 10.0 Å². The first-order valence-corrected chi connectivity index (χ1v) is 8.31. The fraction of sp³-hybridized carbons (Fsp3) is 0.0588. The largest absolute Gasteiger partial charge is 0.464 e. The van der Waals surface area contributed by atoms with Crippen molar-refractivity contribution in [1.29, 1.82) is 0 Å². The standard InChI is InChI=1S/C17H15NO3S/c19-22(20,18-13-14-5-2-1-3-6-14)16-10-8-15(9-11-16)17-7-4-12-21-17/h1-12,18H,13H2. The molecule has 0 saturated heterocycles. The van der Waals surface area contributed by atoms with Gasteiger partial charge >= 0.3 is 0 Å². The molecule has 0 radical (unpaired) electrons. The minimum absolute atomic E-state index is 0.235. The maximum Gasteiger partial charge on any atom is 0.240 e. The third-order valence-corrected chi connectivity index (χ3v) is 4.70. The maximum atomic E-state index is 12.3. The van der Waals surface area contributed by atoms with E-state index in [1.54, 1.807) is 36.6 Å². The van der Waals surface area contributed by atoms with Gasteiger partial charge in [0.25, 0.3) is 0 Å². The number of rotatable bonds is 5. The maximum absolute atomic E-state index is 12.3. The Morgan fingerprint density at radius 2 is 1.59 bits per heavy atom. The highest BCUT2D eigenvalue weighted by molar-refractivity contribution is 7.89. The van der Waals surface area contributed by atoms with Crippen LogP contribution in [0.4, 0.5) is 0 Å². The monoisotopic (exact) mass is 313 g/mol. The van der Waals surface area contributed by atoms with Gasteiger partial charge in [-0.1, -0.05) is 30.3 Å². The molecule has 0 fully saturated rings. The normalized spacial score (nSPS) is 11.5. The predicted octanol–water partition coefficient (Wildman–Crippen LogP) is 3.43. The van der Waals surface area contributed by atoms with Gasteiger partial charge < -0.3 is 4.42 Å². The molecule has 1 heterocycles. The predicted molar refractivity (Wildman–Crippen MR) is 84.6 cm³/mol. The Kier molecular flexibility index (Phi) is 4.09. The van der Waals surface area contributed by atoms with Crippen molar-refractivity contribution >= 4 is 10.0 Å². The van der Waals surface area contributed by atoms with Crippen LogP contribution in [0.1, 0.15) is 5.56 Å². The molecule has 1 N–H and O–H groups in total. The Morgan fingerprint density at radius 3 is 2.23 bits per heavy atom. The summed E-state index contributed by atoms with van der Waals surface area (Å²) < 4.78 is 32.4. The first-order chi connectivity index (χ1) is 10.6. The first-order valence-electron chi connectivity index (χ1n) is 6.83. The highest BCUT2D eigenvalue weighted by Crippen LogP contribution is 2.21. The van der Waals surface area contributed by atoms with Crippen molar-refractivity contribution in [1.82, 2.24) is 4.72 Å². The second kappa shape index (κ2) is 6.17. The van der Waals surface area contributed by atoms with Crippen LogP contribution in [0, 0.1) is 0 Å². The van der Waals surface area contributed by atoms with Gasteiger partial charge in [-0.2, -0.15) is 0 Å². The fourth-order valence-electron chi connectivity index (χ4n) is 2.10. The third kappa shape index (κ3) is 3.27. The summed E-state index contributed by atoms with van der Waals surface area (Å²) >= 11 is 0. The van der Waals surface area contributed by atoms with Crippen LogP contribution >= 0.6 is 0 Å². The molecule has 22 heavy (non-hydrogen) atoms. The zero-order valence-electron chi connectivity index (χ0n) is 11.8. The van der Waals surface area contributed by atoms with Crippen LogP contribution in [0.5, 0.6) is 0 Å². The van der Waals surface area contributed by atoms with E-state index < -0.39 is 10.0 Å². The summed E-state index contributed by atoms with van der Waals surface area (Å²) in [5, 5.41) is 0. The highest BCUT2D eigenvalue weighted by Gasteiger charge is 2.13. The van der Waals surface area contributed by atoms with E-state index in [1.165, 1.54) is 0 Å². The summed E-state index contributed by atoms with van der Waals surface area (Å²) in [7, 11) is -3.52. The second-order valence-electron chi connectivity index (χ2n) is 4.81. The molecule has 0 spiro atoms. The van der Waals surface area contributed by atoms with Crippen molar-refractivity contribution < 1.29 is 12.8 Å². The number of sulfonamides is 1. The summed E-state index contributed by atoms with van der Waals surface area (Å²) in [6.45, 7) is 0.267. The van der Waals surface area contributed by atoms with Gasteiger partial charge in [-0.05, 0) is 42.0 Å². The molecule has 0 saturated carbocycles. The number of benzene rings is 2. The Bertz CT molecular complexity index is 823. The lowest BCUT2D eigenvalue weighted by atomic mass is 10.2. The van der Waals surface area contributed by atoms with Crippen LogP contribution in [-0.4, -0.2) is 8.42 Å². The molecule has 0 bridgehead atoms. The van der Waals surface area contributed by atoms with Crippen LogP contribution in [0.15, 0.2) is 82.3 Å². The molecule has 112 valence electrons. The summed E-state index contributed by atoms with van der Waals surface area (Å²) in [5.74, 6) is 0.709. The van der Waals surface area contributed by atoms with E-state index in [4.69, 9.17) is 4.42 Å². The van der Waals surface area contributed by atoms with Crippen molar-refractivity contribution in [3.05, 3.63) is 78.6 Å². The summed E-state index contributed by atoms with van der Waals surface area (Å²) in [6.07, 6.45) is 1.58. The molecule has 3 rings (SSSR count). The van der Waals surface area contributed by atoms with Crippen molar-refractivity contribution in [2.24, 2.45) is 0 Å². The van der Waals surface area contributed by atoms with E-state index in [1.807, 2.05) is 36.4 Å². The quantitative estimate of drug-likeness (QED) is 0.785. The van der Waals surface area contributed by atoms with Crippen LogP contribution in [0.25, 0.3) is 11.3 Å². The van der Waals surface area contributed by atoms with Crippen LogP contribution < -0.4 is 4.72 Å². The lowest BCUT2D eigenvalue weighted by Crippen LogP contribution is -2.23. The van der Waals surface area contributed by atoms with E-state index in [0.717, 1.165) is 11.1 Å². The lowest BCUT2D eigenvalue weighted by Gasteiger charge is -2.07. The van der Waals surface area contributed by atoms with Crippen molar-refractivity contribution in [3.63, 3.8) is 0 Å². The fourth-order valence-corrected chi connectivity index (χ4v) is 3.12. The Balaban J connectivity index is 1.75. The molecule has 2 aromatic carbocycles. The molecule has 3 aromatic rings. The number of hydrogen-bond donors (Lipinski definition) is 1. The molecule has 5 heteroatoms. The van der Waals surface area contributed by atoms with Crippen LogP contribution in [0.2, 0.25) is 0 Å². The zero-order chi connectivity index (χ0) is 15.4. The van der Waals surface area contributed by atoms with Crippen molar-refractivity contribution in [2.75, 3.05) is 0 Å². The van der Waals surface area contributed by atoms with E-state index in [2.05, 4.69) is 4.72 Å². The highest BCUT2D eigenvalue weighted by atomic mass is 32.2. The molecule has 0 aliphatic rings. The van der Waals surface area contributed by atoms with Gasteiger partial charge in [0.15, 0.2) is 0 Å². The van der Waals surface area contributed by atoms with Gasteiger partial charge in [0.05, 0.1) is 11.2 Å². The SMILES string of the molecule is O=S(=O)(NCc1ccccc1)c1ccc(-c2ccco2)cc1. The number of nitrogens with one attached hydrogen (secondary N) is 1.